The molecule has 0 spiro atoms. The van der Waals surface area contributed by atoms with E-state index < -0.39 is 18.6 Å². The van der Waals surface area contributed by atoms with E-state index in [0.717, 1.165) is 17.5 Å². The van der Waals surface area contributed by atoms with Gasteiger partial charge in [-0.3, -0.25) is 0 Å². The minimum absolute atomic E-state index is 0. The second-order valence-electron chi connectivity index (χ2n) is 3.86. The summed E-state index contributed by atoms with van der Waals surface area (Å²) in [6.45, 7) is 2.03. The van der Waals surface area contributed by atoms with E-state index in [4.69, 9.17) is 5.73 Å². The van der Waals surface area contributed by atoms with Crippen LogP contribution in [0.25, 0.3) is 0 Å². The van der Waals surface area contributed by atoms with Crippen molar-refractivity contribution in [2.24, 2.45) is 5.73 Å². The summed E-state index contributed by atoms with van der Waals surface area (Å²) in [5.41, 5.74) is 7.62. The molecule has 0 amide bonds. The largest absolute Gasteiger partial charge is 0.389 e. The van der Waals surface area contributed by atoms with E-state index in [0.29, 0.717) is 0 Å². The monoisotopic (exact) mass is 267 g/mol. The van der Waals surface area contributed by atoms with Gasteiger partial charge in [0.1, 0.15) is 0 Å². The van der Waals surface area contributed by atoms with Gasteiger partial charge in [-0.2, -0.15) is 13.2 Å². The first-order valence-corrected chi connectivity index (χ1v) is 5.33. The number of rotatable bonds is 4. The summed E-state index contributed by atoms with van der Waals surface area (Å²) in [6, 6.07) is 6.89. The molecule has 0 aliphatic rings. The summed E-state index contributed by atoms with van der Waals surface area (Å²) in [5.74, 6) is 0. The molecule has 0 heterocycles. The van der Waals surface area contributed by atoms with E-state index in [1.165, 1.54) is 0 Å². The van der Waals surface area contributed by atoms with Crippen LogP contribution in [-0.2, 0) is 6.42 Å². The second kappa shape index (κ2) is 6.87. The molecule has 1 atom stereocenters. The molecule has 1 aromatic carbocycles. The van der Waals surface area contributed by atoms with Crippen molar-refractivity contribution in [2.45, 2.75) is 38.4 Å². The van der Waals surface area contributed by atoms with Gasteiger partial charge < -0.3 is 5.73 Å². The molecule has 17 heavy (non-hydrogen) atoms. The third-order valence-electron chi connectivity index (χ3n) is 2.55. The zero-order valence-corrected chi connectivity index (χ0v) is 10.4. The predicted molar refractivity (Wildman–Crippen MR) is 65.3 cm³/mol. The highest BCUT2D eigenvalue weighted by molar-refractivity contribution is 5.85. The lowest BCUT2D eigenvalue weighted by Gasteiger charge is -2.13. The maximum atomic E-state index is 12.0. The molecule has 5 heteroatoms. The molecule has 0 unspecified atom stereocenters. The Labute approximate surface area is 106 Å². The van der Waals surface area contributed by atoms with E-state index in [2.05, 4.69) is 0 Å². The van der Waals surface area contributed by atoms with Crippen molar-refractivity contribution in [3.63, 3.8) is 0 Å². The summed E-state index contributed by atoms with van der Waals surface area (Å²) >= 11 is 0. The molecule has 0 radical (unpaired) electrons. The van der Waals surface area contributed by atoms with E-state index in [1.54, 1.807) is 12.1 Å². The first-order chi connectivity index (χ1) is 7.42. The van der Waals surface area contributed by atoms with Crippen molar-refractivity contribution in [1.29, 1.82) is 0 Å². The zero-order valence-electron chi connectivity index (χ0n) is 9.63. The van der Waals surface area contributed by atoms with Crippen LogP contribution in [0.3, 0.4) is 0 Å². The highest BCUT2D eigenvalue weighted by Crippen LogP contribution is 2.26. The van der Waals surface area contributed by atoms with Gasteiger partial charge in [0.15, 0.2) is 0 Å². The highest BCUT2D eigenvalue weighted by atomic mass is 35.5. The smallest absolute Gasteiger partial charge is 0.324 e. The molecular weight excluding hydrogens is 251 g/mol. The number of nitrogens with two attached hydrogens (primary N) is 1. The van der Waals surface area contributed by atoms with Crippen LogP contribution in [0, 0.1) is 0 Å². The Morgan fingerprint density at radius 3 is 2.12 bits per heavy atom. The van der Waals surface area contributed by atoms with Gasteiger partial charge in [-0.15, -0.1) is 12.4 Å². The van der Waals surface area contributed by atoms with Crippen LogP contribution >= 0.6 is 12.4 Å². The fourth-order valence-electron chi connectivity index (χ4n) is 1.49. The molecule has 2 N–H and O–H groups in total. The molecule has 98 valence electrons. The molecule has 0 aliphatic heterocycles. The minimum Gasteiger partial charge on any atom is -0.324 e. The van der Waals surface area contributed by atoms with E-state index in [-0.39, 0.29) is 18.8 Å². The fraction of sp³-hybridized carbons (Fsp3) is 0.500. The molecule has 0 aliphatic carbocycles. The summed E-state index contributed by atoms with van der Waals surface area (Å²) in [5, 5.41) is 0. The van der Waals surface area contributed by atoms with Crippen LogP contribution in [0.4, 0.5) is 13.2 Å². The van der Waals surface area contributed by atoms with Crippen molar-refractivity contribution in [3.8, 4) is 0 Å². The van der Waals surface area contributed by atoms with Crippen molar-refractivity contribution >= 4 is 12.4 Å². The molecule has 1 aromatic rings. The Bertz CT molecular complexity index is 322. The highest BCUT2D eigenvalue weighted by Gasteiger charge is 2.27. The third kappa shape index (κ3) is 5.94. The van der Waals surface area contributed by atoms with Gasteiger partial charge in [-0.25, -0.2) is 0 Å². The summed E-state index contributed by atoms with van der Waals surface area (Å²) < 4.78 is 36.0. The first kappa shape index (κ1) is 16.3. The molecule has 0 bridgehead atoms. The number of benzene rings is 1. The fourth-order valence-corrected chi connectivity index (χ4v) is 1.49. The van der Waals surface area contributed by atoms with Crippen molar-refractivity contribution < 1.29 is 13.2 Å². The Morgan fingerprint density at radius 1 is 1.18 bits per heavy atom. The normalized spacial score (nSPS) is 13.0. The number of hydrogen-bond donors (Lipinski definition) is 1. The lowest BCUT2D eigenvalue weighted by Crippen LogP contribution is -2.15. The van der Waals surface area contributed by atoms with Gasteiger partial charge >= 0.3 is 6.18 Å². The predicted octanol–water partition coefficient (Wildman–Crippen LogP) is 4.01. The zero-order chi connectivity index (χ0) is 12.2. The maximum Gasteiger partial charge on any atom is 0.389 e. The molecule has 0 aromatic heterocycles. The van der Waals surface area contributed by atoms with E-state index in [1.807, 2.05) is 19.1 Å². The van der Waals surface area contributed by atoms with Gasteiger partial charge in [0.25, 0.3) is 0 Å². The molecule has 1 rings (SSSR count). The van der Waals surface area contributed by atoms with Gasteiger partial charge in [0.2, 0.25) is 0 Å². The average molecular weight is 268 g/mol. The number of aryl methyl sites for hydroxylation is 1. The number of hydrogen-bond acceptors (Lipinski definition) is 1. The van der Waals surface area contributed by atoms with Crippen LogP contribution < -0.4 is 5.73 Å². The van der Waals surface area contributed by atoms with Crippen LogP contribution in [0.1, 0.15) is 36.9 Å². The average Bonchev–Trinajstić information content (AvgIpc) is 2.25. The molecule has 0 fully saturated rings. The summed E-state index contributed by atoms with van der Waals surface area (Å²) in [7, 11) is 0. The summed E-state index contributed by atoms with van der Waals surface area (Å²) in [6.07, 6.45) is -4.10. The summed E-state index contributed by atoms with van der Waals surface area (Å²) in [4.78, 5) is 0. The SMILES string of the molecule is CCc1ccc([C@@H](N)CCC(F)(F)F)cc1.Cl. The molecular formula is C12H17ClF3N. The Hall–Kier alpha value is -0.740. The van der Waals surface area contributed by atoms with E-state index >= 15 is 0 Å². The van der Waals surface area contributed by atoms with Crippen LogP contribution in [-0.4, -0.2) is 6.18 Å². The third-order valence-corrected chi connectivity index (χ3v) is 2.55. The Kier molecular flexibility index (Phi) is 6.57. The maximum absolute atomic E-state index is 12.0. The molecule has 0 saturated carbocycles. The van der Waals surface area contributed by atoms with Gasteiger partial charge in [-0.1, -0.05) is 31.2 Å². The molecule has 0 saturated heterocycles. The number of alkyl halides is 3. The second-order valence-corrected chi connectivity index (χ2v) is 3.86. The number of halogens is 4. The van der Waals surface area contributed by atoms with Crippen LogP contribution in [0.2, 0.25) is 0 Å². The van der Waals surface area contributed by atoms with Crippen LogP contribution in [0.5, 0.6) is 0 Å². The minimum atomic E-state index is -4.12. The topological polar surface area (TPSA) is 26.0 Å². The molecule has 1 nitrogen and oxygen atoms in total. The lowest BCUT2D eigenvalue weighted by molar-refractivity contribution is -0.136. The van der Waals surface area contributed by atoms with Crippen LogP contribution in [0.15, 0.2) is 24.3 Å². The quantitative estimate of drug-likeness (QED) is 0.876. The standard InChI is InChI=1S/C12H16F3N.ClH/c1-2-9-3-5-10(6-4-9)11(16)7-8-12(13,14)15;/h3-6,11H,2,7-8,16H2,1H3;1H/t11-;/m0./s1. The van der Waals surface area contributed by atoms with Gasteiger partial charge in [0, 0.05) is 12.5 Å². The van der Waals surface area contributed by atoms with Crippen molar-refractivity contribution in [2.75, 3.05) is 0 Å². The van der Waals surface area contributed by atoms with Gasteiger partial charge in [-0.05, 0) is 24.0 Å². The lowest BCUT2D eigenvalue weighted by atomic mass is 10.0. The van der Waals surface area contributed by atoms with E-state index in [9.17, 15) is 13.2 Å². The Morgan fingerprint density at radius 2 is 1.71 bits per heavy atom. The first-order valence-electron chi connectivity index (χ1n) is 5.33. The van der Waals surface area contributed by atoms with Crippen molar-refractivity contribution in [3.05, 3.63) is 35.4 Å². The van der Waals surface area contributed by atoms with Gasteiger partial charge in [0.05, 0.1) is 0 Å². The Balaban J connectivity index is 0.00000256. The van der Waals surface area contributed by atoms with Crippen molar-refractivity contribution in [1.82, 2.24) is 0 Å².